The zero-order valence-corrected chi connectivity index (χ0v) is 14.8. The van der Waals surface area contributed by atoms with Crippen molar-refractivity contribution in [2.45, 2.75) is 18.3 Å². The number of carbonyl (C=O) groups excluding carboxylic acids is 3. The average molecular weight is 383 g/mol. The van der Waals surface area contributed by atoms with Crippen LogP contribution in [0.15, 0.2) is 22.8 Å². The van der Waals surface area contributed by atoms with E-state index >= 15 is 0 Å². The van der Waals surface area contributed by atoms with Gasteiger partial charge in [-0.1, -0.05) is 0 Å². The van der Waals surface area contributed by atoms with Crippen LogP contribution in [0.1, 0.15) is 6.92 Å². The number of amides is 3. The Bertz CT molecular complexity index is 752. The number of β-lactam (4-membered cyclic amide) rings is 1. The summed E-state index contributed by atoms with van der Waals surface area (Å²) < 4.78 is 5.24. The molecule has 11 heteroatoms. The van der Waals surface area contributed by atoms with Crippen LogP contribution in [-0.2, 0) is 24.0 Å². The number of carboxylic acids is 1. The number of hydrogen-bond donors (Lipinski definition) is 2. The maximum absolute atomic E-state index is 12.6. The van der Waals surface area contributed by atoms with Gasteiger partial charge < -0.3 is 14.4 Å². The number of thioether (sulfide) groups is 1. The molecule has 26 heavy (non-hydrogen) atoms. The van der Waals surface area contributed by atoms with E-state index < -0.39 is 34.6 Å². The number of hydrogen-bond acceptors (Lipinski definition) is 7. The van der Waals surface area contributed by atoms with Crippen LogP contribution in [0.3, 0.4) is 0 Å². The van der Waals surface area contributed by atoms with E-state index in [1.807, 2.05) is 5.48 Å². The molecule has 0 bridgehead atoms. The number of aliphatic carboxylic acids is 1. The Morgan fingerprint density at radius 3 is 2.77 bits per heavy atom. The summed E-state index contributed by atoms with van der Waals surface area (Å²) in [7, 11) is 1.20. The summed E-state index contributed by atoms with van der Waals surface area (Å²) in [4.78, 5) is 55.7. The van der Waals surface area contributed by atoms with E-state index in [2.05, 4.69) is 4.84 Å². The Balaban J connectivity index is 1.84. The largest absolute Gasteiger partial charge is 0.480 e. The highest BCUT2D eigenvalue weighted by atomic mass is 32.2. The quantitative estimate of drug-likeness (QED) is 0.401. The highest BCUT2D eigenvalue weighted by Crippen LogP contribution is 2.45. The van der Waals surface area contributed by atoms with Crippen molar-refractivity contribution in [3.63, 3.8) is 0 Å². The minimum absolute atomic E-state index is 0.0631. The molecule has 0 aromatic carbocycles. The van der Waals surface area contributed by atoms with Crippen molar-refractivity contribution in [3.8, 4) is 0 Å². The number of rotatable bonds is 5. The Labute approximate surface area is 152 Å². The molecule has 3 atom stereocenters. The molecular weight excluding hydrogens is 366 g/mol. The molecule has 3 rings (SSSR count). The first-order valence-corrected chi connectivity index (χ1v) is 8.70. The minimum Gasteiger partial charge on any atom is -0.480 e. The first-order chi connectivity index (χ1) is 12.3. The minimum atomic E-state index is -1.82. The monoisotopic (exact) mass is 383 g/mol. The normalized spacial score (nSPS) is 27.3. The van der Waals surface area contributed by atoms with Crippen molar-refractivity contribution in [2.24, 2.45) is 5.41 Å². The molecule has 10 nitrogen and oxygen atoms in total. The Hall–Kier alpha value is -2.53. The summed E-state index contributed by atoms with van der Waals surface area (Å²) in [6, 6.07) is 2.37. The fourth-order valence-corrected chi connectivity index (χ4v) is 4.69. The summed E-state index contributed by atoms with van der Waals surface area (Å²) in [6.07, 6.45) is 1.39. The van der Waals surface area contributed by atoms with Crippen LogP contribution in [0.4, 0.5) is 5.88 Å². The number of nitrogens with zero attached hydrogens (tertiary/aromatic N) is 2. The molecule has 1 aromatic rings. The maximum Gasteiger partial charge on any atom is 0.322 e. The van der Waals surface area contributed by atoms with Crippen molar-refractivity contribution >= 4 is 41.3 Å². The second-order valence-corrected chi connectivity index (χ2v) is 7.08. The van der Waals surface area contributed by atoms with E-state index in [-0.39, 0.29) is 24.1 Å². The third-order valence-electron chi connectivity index (χ3n) is 4.45. The highest BCUT2D eigenvalue weighted by Gasteiger charge is 2.62. The van der Waals surface area contributed by atoms with Gasteiger partial charge in [0.25, 0.3) is 5.91 Å². The lowest BCUT2D eigenvalue weighted by atomic mass is 9.86. The molecule has 3 heterocycles. The average Bonchev–Trinajstić information content (AvgIpc) is 3.12. The standard InChI is InChI=1S/C15H17N3O7S/c1-8(19)18(9-4-3-5-25-9)10-11(20)17-6-15(14(22)23,7-26-12(10)17)13(21)16-24-2/h3-5,10,12H,6-7H2,1-2H3,(H,16,21)(H,22,23)/t10?,12-,15?/m1/s1. The third-order valence-corrected chi connectivity index (χ3v) is 5.97. The van der Waals surface area contributed by atoms with Crippen molar-refractivity contribution in [3.05, 3.63) is 18.4 Å². The molecular formula is C15H17N3O7S. The lowest BCUT2D eigenvalue weighted by Gasteiger charge is -2.55. The first-order valence-electron chi connectivity index (χ1n) is 7.65. The van der Waals surface area contributed by atoms with Gasteiger partial charge in [0.1, 0.15) is 11.4 Å². The first kappa shape index (κ1) is 18.3. The molecule has 2 aliphatic heterocycles. The predicted molar refractivity (Wildman–Crippen MR) is 88.8 cm³/mol. The molecule has 0 saturated carbocycles. The number of fused-ring (bicyclic) bond motifs is 1. The van der Waals surface area contributed by atoms with Gasteiger partial charge in [0, 0.05) is 25.3 Å². The van der Waals surface area contributed by atoms with Crippen LogP contribution in [0.2, 0.25) is 0 Å². The van der Waals surface area contributed by atoms with Gasteiger partial charge in [0.2, 0.25) is 17.7 Å². The number of hydroxylamine groups is 1. The van der Waals surface area contributed by atoms with E-state index in [0.29, 0.717) is 0 Å². The van der Waals surface area contributed by atoms with Crippen LogP contribution < -0.4 is 10.4 Å². The molecule has 3 amide bonds. The summed E-state index contributed by atoms with van der Waals surface area (Å²) in [5.41, 5.74) is 0.220. The SMILES string of the molecule is CONC(=O)C1(C(=O)O)CS[C@@H]2C(N(C(C)=O)c3ccco3)C(=O)N2C1. The van der Waals surface area contributed by atoms with E-state index in [0.717, 1.165) is 11.8 Å². The second kappa shape index (κ2) is 6.65. The fourth-order valence-electron chi connectivity index (χ4n) is 3.11. The van der Waals surface area contributed by atoms with E-state index in [1.54, 1.807) is 12.1 Å². The van der Waals surface area contributed by atoms with Crippen LogP contribution in [0.5, 0.6) is 0 Å². The Morgan fingerprint density at radius 1 is 1.50 bits per heavy atom. The molecule has 2 saturated heterocycles. The van der Waals surface area contributed by atoms with Gasteiger partial charge in [-0.05, 0) is 6.07 Å². The van der Waals surface area contributed by atoms with Crippen molar-refractivity contribution in [2.75, 3.05) is 24.3 Å². The van der Waals surface area contributed by atoms with Gasteiger partial charge in [-0.15, -0.1) is 11.8 Å². The topological polar surface area (TPSA) is 129 Å². The van der Waals surface area contributed by atoms with Gasteiger partial charge in [0.15, 0.2) is 5.41 Å². The number of furan rings is 1. The molecule has 140 valence electrons. The van der Waals surface area contributed by atoms with Gasteiger partial charge >= 0.3 is 5.97 Å². The van der Waals surface area contributed by atoms with E-state index in [4.69, 9.17) is 4.42 Å². The summed E-state index contributed by atoms with van der Waals surface area (Å²) in [6.45, 7) is 1.02. The number of carbonyl (C=O) groups is 4. The number of anilines is 1. The van der Waals surface area contributed by atoms with E-state index in [1.165, 1.54) is 30.1 Å². The Kier molecular flexibility index (Phi) is 4.67. The molecule has 0 radical (unpaired) electrons. The van der Waals surface area contributed by atoms with Crippen molar-refractivity contribution < 1.29 is 33.5 Å². The lowest BCUT2D eigenvalue weighted by Crippen LogP contribution is -2.75. The van der Waals surface area contributed by atoms with E-state index in [9.17, 15) is 24.3 Å². The molecule has 0 aliphatic carbocycles. The molecule has 1 aromatic heterocycles. The van der Waals surface area contributed by atoms with Crippen LogP contribution in [0.25, 0.3) is 0 Å². The molecule has 2 unspecified atom stereocenters. The zero-order valence-electron chi connectivity index (χ0n) is 14.0. The molecule has 2 fully saturated rings. The highest BCUT2D eigenvalue weighted by molar-refractivity contribution is 8.00. The maximum atomic E-state index is 12.6. The smallest absolute Gasteiger partial charge is 0.322 e. The summed E-state index contributed by atoms with van der Waals surface area (Å²) >= 11 is 1.13. The van der Waals surface area contributed by atoms with Gasteiger partial charge in [0.05, 0.1) is 13.4 Å². The van der Waals surface area contributed by atoms with Crippen molar-refractivity contribution in [1.82, 2.24) is 10.4 Å². The van der Waals surface area contributed by atoms with Gasteiger partial charge in [-0.3, -0.25) is 28.9 Å². The van der Waals surface area contributed by atoms with Gasteiger partial charge in [-0.25, -0.2) is 5.48 Å². The molecule has 0 spiro atoms. The second-order valence-electron chi connectivity index (χ2n) is 5.98. The fraction of sp³-hybridized carbons (Fsp3) is 0.467. The lowest BCUT2D eigenvalue weighted by molar-refractivity contribution is -0.165. The molecule has 2 aliphatic rings. The summed E-state index contributed by atoms with van der Waals surface area (Å²) in [5.74, 6) is -2.81. The molecule has 2 N–H and O–H groups in total. The zero-order chi connectivity index (χ0) is 19.1. The van der Waals surface area contributed by atoms with Crippen LogP contribution in [0, 0.1) is 5.41 Å². The Morgan fingerprint density at radius 2 is 2.23 bits per heavy atom. The van der Waals surface area contributed by atoms with Crippen LogP contribution >= 0.6 is 11.8 Å². The van der Waals surface area contributed by atoms with Crippen LogP contribution in [-0.4, -0.2) is 64.5 Å². The third kappa shape index (κ3) is 2.63. The van der Waals surface area contributed by atoms with Crippen molar-refractivity contribution in [1.29, 1.82) is 0 Å². The number of carboxylic acid groups (broad SMARTS) is 1. The van der Waals surface area contributed by atoms with Gasteiger partial charge in [-0.2, -0.15) is 0 Å². The number of nitrogens with one attached hydrogen (secondary N) is 1. The summed E-state index contributed by atoms with van der Waals surface area (Å²) in [5, 5.41) is 9.11. The predicted octanol–water partition coefficient (Wildman–Crippen LogP) is -0.335.